The highest BCUT2D eigenvalue weighted by molar-refractivity contribution is 7.16. The summed E-state index contributed by atoms with van der Waals surface area (Å²) in [6, 6.07) is 8.33. The van der Waals surface area contributed by atoms with Crippen LogP contribution in [0.4, 0.5) is 5.00 Å². The molecule has 1 atom stereocenters. The van der Waals surface area contributed by atoms with Gasteiger partial charge >= 0.3 is 0 Å². The van der Waals surface area contributed by atoms with Crippen molar-refractivity contribution in [1.29, 1.82) is 0 Å². The van der Waals surface area contributed by atoms with Crippen LogP contribution in [0.5, 0.6) is 0 Å². The van der Waals surface area contributed by atoms with E-state index < -0.39 is 5.60 Å². The van der Waals surface area contributed by atoms with Crippen molar-refractivity contribution >= 4 is 33.6 Å². The van der Waals surface area contributed by atoms with Gasteiger partial charge in [-0.05, 0) is 30.5 Å². The third-order valence-corrected chi connectivity index (χ3v) is 6.51. The fourth-order valence-corrected chi connectivity index (χ4v) is 5.03. The topological polar surface area (TPSA) is 42.0 Å². The largest absolute Gasteiger partial charge is 0.377 e. The zero-order valence-corrected chi connectivity index (χ0v) is 15.9. The van der Waals surface area contributed by atoms with Crippen LogP contribution < -0.4 is 4.90 Å². The van der Waals surface area contributed by atoms with Crippen LogP contribution in [0.2, 0.25) is 0 Å². The zero-order chi connectivity index (χ0) is 17.3. The Morgan fingerprint density at radius 2 is 2.20 bits per heavy atom. The molecule has 2 aliphatic rings. The van der Waals surface area contributed by atoms with Crippen molar-refractivity contribution in [2.24, 2.45) is 0 Å². The van der Waals surface area contributed by atoms with E-state index in [0.717, 1.165) is 24.6 Å². The molecular weight excluding hydrogens is 356 g/mol. The van der Waals surface area contributed by atoms with Crippen LogP contribution in [0, 0.1) is 6.92 Å². The molecule has 0 saturated carbocycles. The molecule has 0 radical (unpaired) electrons. The summed E-state index contributed by atoms with van der Waals surface area (Å²) in [4.78, 5) is 19.2. The minimum absolute atomic E-state index is 0.0292. The molecule has 2 saturated heterocycles. The number of carbonyl (C=O) groups is 1. The first kappa shape index (κ1) is 17.2. The summed E-state index contributed by atoms with van der Waals surface area (Å²) in [5, 5.41) is 3.11. The third kappa shape index (κ3) is 3.80. The van der Waals surface area contributed by atoms with Gasteiger partial charge in [0.25, 0.3) is 5.91 Å². The van der Waals surface area contributed by atoms with E-state index in [1.54, 1.807) is 22.7 Å². The Bertz CT molecular complexity index is 731. The molecule has 4 rings (SSSR count). The lowest BCUT2D eigenvalue weighted by atomic mass is 10.0. The lowest BCUT2D eigenvalue weighted by molar-refractivity contribution is -0.146. The van der Waals surface area contributed by atoms with E-state index in [0.29, 0.717) is 19.8 Å². The molecule has 0 bridgehead atoms. The van der Waals surface area contributed by atoms with Gasteiger partial charge in [-0.3, -0.25) is 14.6 Å². The maximum Gasteiger partial charge on any atom is 0.253 e. The summed E-state index contributed by atoms with van der Waals surface area (Å²) >= 11 is 3.42. The van der Waals surface area contributed by atoms with Crippen molar-refractivity contribution in [2.75, 3.05) is 44.4 Å². The highest BCUT2D eigenvalue weighted by atomic mass is 32.1. The van der Waals surface area contributed by atoms with Crippen molar-refractivity contribution in [3.63, 3.8) is 0 Å². The van der Waals surface area contributed by atoms with Crippen molar-refractivity contribution < 1.29 is 14.3 Å². The Hall–Kier alpha value is -1.25. The molecule has 25 heavy (non-hydrogen) atoms. The molecule has 134 valence electrons. The van der Waals surface area contributed by atoms with Crippen molar-refractivity contribution in [3.05, 3.63) is 39.4 Å². The van der Waals surface area contributed by atoms with Gasteiger partial charge in [-0.25, -0.2) is 0 Å². The smallest absolute Gasteiger partial charge is 0.253 e. The number of thiophene rings is 2. The Morgan fingerprint density at radius 3 is 2.96 bits per heavy atom. The van der Waals surface area contributed by atoms with Gasteiger partial charge in [0.2, 0.25) is 0 Å². The fraction of sp³-hybridized carbons (Fsp3) is 0.500. The monoisotopic (exact) mass is 378 g/mol. The molecule has 2 aliphatic heterocycles. The van der Waals surface area contributed by atoms with Gasteiger partial charge in [0.05, 0.1) is 24.8 Å². The van der Waals surface area contributed by atoms with Gasteiger partial charge in [-0.2, -0.15) is 0 Å². The summed E-state index contributed by atoms with van der Waals surface area (Å²) in [5.41, 5.74) is -0.459. The summed E-state index contributed by atoms with van der Waals surface area (Å²) < 4.78 is 11.9. The normalized spacial score (nSPS) is 25.5. The molecule has 2 aromatic heterocycles. The van der Waals surface area contributed by atoms with Gasteiger partial charge in [-0.1, -0.05) is 6.07 Å². The maximum atomic E-state index is 12.4. The number of morpholine rings is 1. The fourth-order valence-electron chi connectivity index (χ4n) is 3.41. The molecule has 2 aromatic rings. The van der Waals surface area contributed by atoms with Gasteiger partial charge < -0.3 is 9.47 Å². The number of aryl methyl sites for hydroxylation is 1. The van der Waals surface area contributed by atoms with E-state index in [-0.39, 0.29) is 12.5 Å². The second-order valence-electron chi connectivity index (χ2n) is 6.68. The highest BCUT2D eigenvalue weighted by Crippen LogP contribution is 2.32. The first-order chi connectivity index (χ1) is 12.1. The molecule has 7 heteroatoms. The Morgan fingerprint density at radius 1 is 1.28 bits per heavy atom. The predicted molar refractivity (Wildman–Crippen MR) is 101 cm³/mol. The quantitative estimate of drug-likeness (QED) is 0.824. The highest BCUT2D eigenvalue weighted by Gasteiger charge is 2.43. The van der Waals surface area contributed by atoms with Crippen LogP contribution in [0.25, 0.3) is 0 Å². The molecule has 5 nitrogen and oxygen atoms in total. The number of amides is 1. The van der Waals surface area contributed by atoms with E-state index >= 15 is 0 Å². The minimum atomic E-state index is -0.459. The lowest BCUT2D eigenvalue weighted by Crippen LogP contribution is -2.60. The van der Waals surface area contributed by atoms with E-state index in [1.807, 2.05) is 11.0 Å². The molecule has 0 aromatic carbocycles. The maximum absolute atomic E-state index is 12.4. The van der Waals surface area contributed by atoms with Crippen LogP contribution in [-0.4, -0.2) is 55.9 Å². The average molecular weight is 379 g/mol. The van der Waals surface area contributed by atoms with E-state index in [9.17, 15) is 4.79 Å². The van der Waals surface area contributed by atoms with Gasteiger partial charge in [0.15, 0.2) is 0 Å². The Balaban J connectivity index is 1.53. The number of hydrogen-bond donors (Lipinski definition) is 0. The van der Waals surface area contributed by atoms with Crippen molar-refractivity contribution in [3.8, 4) is 0 Å². The molecule has 0 N–H and O–H groups in total. The molecule has 1 spiro atoms. The number of nitrogens with zero attached hydrogens (tertiary/aromatic N) is 2. The number of hydrogen-bond acceptors (Lipinski definition) is 6. The summed E-state index contributed by atoms with van der Waals surface area (Å²) in [6.07, 6.45) is 0. The molecule has 2 fully saturated rings. The second kappa shape index (κ2) is 7.17. The molecular formula is C18H22N2O3S2. The number of carbonyl (C=O) groups excluding carboxylic acids is 1. The van der Waals surface area contributed by atoms with Crippen LogP contribution >= 0.6 is 22.7 Å². The third-order valence-electron chi connectivity index (χ3n) is 4.63. The number of anilines is 1. The minimum Gasteiger partial charge on any atom is -0.377 e. The second-order valence-corrected chi connectivity index (χ2v) is 8.98. The summed E-state index contributed by atoms with van der Waals surface area (Å²) in [7, 11) is 0. The Kier molecular flexibility index (Phi) is 4.92. The average Bonchev–Trinajstić information content (AvgIpc) is 3.21. The zero-order valence-electron chi connectivity index (χ0n) is 14.3. The van der Waals surface area contributed by atoms with E-state index in [2.05, 4.69) is 35.4 Å². The summed E-state index contributed by atoms with van der Waals surface area (Å²) in [5.74, 6) is 0.0292. The predicted octanol–water partition coefficient (Wildman–Crippen LogP) is 2.75. The van der Waals surface area contributed by atoms with Gasteiger partial charge in [-0.15, -0.1) is 22.7 Å². The van der Waals surface area contributed by atoms with E-state index in [1.165, 1.54) is 9.75 Å². The number of rotatable bonds is 3. The van der Waals surface area contributed by atoms with Crippen LogP contribution in [0.1, 0.15) is 9.75 Å². The van der Waals surface area contributed by atoms with Crippen LogP contribution in [0.3, 0.4) is 0 Å². The molecule has 4 heterocycles. The number of ether oxygens (including phenoxy) is 2. The first-order valence-corrected chi connectivity index (χ1v) is 10.2. The molecule has 1 amide bonds. The Labute approximate surface area is 155 Å². The van der Waals surface area contributed by atoms with Crippen LogP contribution in [0.15, 0.2) is 29.6 Å². The van der Waals surface area contributed by atoms with Crippen molar-refractivity contribution in [1.82, 2.24) is 4.90 Å². The SMILES string of the molecule is Cc1ccc(N2C[C@@]3(COCCN(Cc4cccs4)C3)OCC2=O)s1. The van der Waals surface area contributed by atoms with Crippen LogP contribution in [-0.2, 0) is 20.8 Å². The van der Waals surface area contributed by atoms with Gasteiger partial charge in [0, 0.05) is 29.4 Å². The summed E-state index contributed by atoms with van der Waals surface area (Å²) in [6.45, 7) is 6.52. The first-order valence-electron chi connectivity index (χ1n) is 8.47. The van der Waals surface area contributed by atoms with E-state index in [4.69, 9.17) is 9.47 Å². The standard InChI is InChI=1S/C18H22N2O3S2/c1-14-4-5-17(25-14)20-12-18(23-10-16(20)21)11-19(6-7-22-13-18)9-15-3-2-8-24-15/h2-5,8H,6-7,9-13H2,1H3/t18-/m0/s1. The molecule has 0 unspecified atom stereocenters. The van der Waals surface area contributed by atoms with Crippen molar-refractivity contribution in [2.45, 2.75) is 19.1 Å². The molecule has 0 aliphatic carbocycles. The lowest BCUT2D eigenvalue weighted by Gasteiger charge is -2.42. The van der Waals surface area contributed by atoms with Gasteiger partial charge in [0.1, 0.15) is 12.2 Å².